The van der Waals surface area contributed by atoms with Crippen LogP contribution in [-0.4, -0.2) is 49.0 Å². The van der Waals surface area contributed by atoms with Gasteiger partial charge < -0.3 is 9.42 Å². The Morgan fingerprint density at radius 1 is 1.44 bits per heavy atom. The molecule has 0 spiro atoms. The Kier molecular flexibility index (Phi) is 3.18. The number of aromatic nitrogens is 1. The van der Waals surface area contributed by atoms with Crippen LogP contribution in [0.5, 0.6) is 0 Å². The molecule has 1 saturated heterocycles. The number of carbonyl (C=O) groups excluding carboxylic acids is 1. The van der Waals surface area contributed by atoms with Crippen LogP contribution in [0.4, 0.5) is 0 Å². The maximum absolute atomic E-state index is 12.2. The smallest absolute Gasteiger partial charge is 0.276 e. The maximum atomic E-state index is 12.2. The van der Waals surface area contributed by atoms with Crippen LogP contribution in [0.25, 0.3) is 0 Å². The molecule has 6 nitrogen and oxygen atoms in total. The van der Waals surface area contributed by atoms with Crippen LogP contribution in [0.15, 0.2) is 4.52 Å². The lowest BCUT2D eigenvalue weighted by atomic mass is 10.1. The van der Waals surface area contributed by atoms with Crippen LogP contribution < -0.4 is 0 Å². The lowest BCUT2D eigenvalue weighted by Crippen LogP contribution is -2.38. The van der Waals surface area contributed by atoms with E-state index in [1.165, 1.54) is 4.90 Å². The first-order valence-corrected chi connectivity index (χ1v) is 7.54. The fraction of sp³-hybridized carbons (Fsp3) is 0.636. The van der Waals surface area contributed by atoms with Gasteiger partial charge in [0.05, 0.1) is 11.5 Å². The van der Waals surface area contributed by atoms with Crippen molar-refractivity contribution >= 4 is 15.7 Å². The predicted molar refractivity (Wildman–Crippen MR) is 65.1 cm³/mol. The lowest BCUT2D eigenvalue weighted by molar-refractivity contribution is 0.0736. The van der Waals surface area contributed by atoms with Gasteiger partial charge >= 0.3 is 0 Å². The third-order valence-electron chi connectivity index (χ3n) is 3.44. The molecule has 100 valence electrons. The Hall–Kier alpha value is -1.37. The molecule has 1 aliphatic heterocycles. The number of hydrogen-bond acceptors (Lipinski definition) is 5. The molecular weight excluding hydrogens is 256 g/mol. The Morgan fingerprint density at radius 3 is 2.56 bits per heavy atom. The summed E-state index contributed by atoms with van der Waals surface area (Å²) in [5.41, 5.74) is 0.965. The van der Waals surface area contributed by atoms with Gasteiger partial charge in [-0.25, -0.2) is 8.42 Å². The van der Waals surface area contributed by atoms with Crippen LogP contribution in [0.2, 0.25) is 0 Å². The van der Waals surface area contributed by atoms with E-state index in [0.29, 0.717) is 17.7 Å². The molecule has 1 aliphatic rings. The fourth-order valence-electron chi connectivity index (χ4n) is 2.03. The number of hydrogen-bond donors (Lipinski definition) is 0. The first kappa shape index (κ1) is 13.1. The summed E-state index contributed by atoms with van der Waals surface area (Å²) >= 11 is 0. The van der Waals surface area contributed by atoms with E-state index in [1.54, 1.807) is 20.9 Å². The molecule has 1 atom stereocenters. The molecule has 2 rings (SSSR count). The third kappa shape index (κ3) is 2.27. The molecule has 1 amide bonds. The summed E-state index contributed by atoms with van der Waals surface area (Å²) in [4.78, 5) is 13.6. The van der Waals surface area contributed by atoms with Crippen molar-refractivity contribution in [1.29, 1.82) is 0 Å². The van der Waals surface area contributed by atoms with Crippen LogP contribution >= 0.6 is 0 Å². The normalized spacial score (nSPS) is 22.1. The van der Waals surface area contributed by atoms with Crippen molar-refractivity contribution in [3.63, 3.8) is 0 Å². The maximum Gasteiger partial charge on any atom is 0.276 e. The topological polar surface area (TPSA) is 80.5 Å². The van der Waals surface area contributed by atoms with E-state index < -0.39 is 9.84 Å². The summed E-state index contributed by atoms with van der Waals surface area (Å²) in [6.07, 6.45) is 0.487. The second kappa shape index (κ2) is 4.38. The van der Waals surface area contributed by atoms with Crippen molar-refractivity contribution in [2.75, 3.05) is 18.6 Å². The number of rotatable bonds is 2. The standard InChI is InChI=1S/C11H16N2O4S/c1-7-8(2)17-12-10(7)11(14)13(3)9-4-5-18(15,16)6-9/h9H,4-6H2,1-3H3. The molecule has 0 aromatic carbocycles. The van der Waals surface area contributed by atoms with Crippen molar-refractivity contribution in [3.05, 3.63) is 17.0 Å². The van der Waals surface area contributed by atoms with Gasteiger partial charge in [-0.05, 0) is 20.3 Å². The van der Waals surface area contributed by atoms with Crippen molar-refractivity contribution in [2.45, 2.75) is 26.3 Å². The molecule has 1 aromatic heterocycles. The first-order valence-electron chi connectivity index (χ1n) is 5.72. The van der Waals surface area contributed by atoms with Gasteiger partial charge in [-0.2, -0.15) is 0 Å². The molecule has 0 radical (unpaired) electrons. The third-order valence-corrected chi connectivity index (χ3v) is 5.19. The minimum absolute atomic E-state index is 0.0329. The van der Waals surface area contributed by atoms with Gasteiger partial charge in [0, 0.05) is 18.7 Å². The van der Waals surface area contributed by atoms with Crippen molar-refractivity contribution in [2.24, 2.45) is 0 Å². The zero-order valence-corrected chi connectivity index (χ0v) is 11.5. The SMILES string of the molecule is Cc1onc(C(=O)N(C)C2CCS(=O)(=O)C2)c1C. The van der Waals surface area contributed by atoms with E-state index in [4.69, 9.17) is 4.52 Å². The highest BCUT2D eigenvalue weighted by atomic mass is 32.2. The molecule has 1 fully saturated rings. The van der Waals surface area contributed by atoms with Crippen LogP contribution in [0, 0.1) is 13.8 Å². The molecule has 0 N–H and O–H groups in total. The highest BCUT2D eigenvalue weighted by Gasteiger charge is 2.34. The van der Waals surface area contributed by atoms with E-state index in [0.717, 1.165) is 0 Å². The van der Waals surface area contributed by atoms with E-state index >= 15 is 0 Å². The molecule has 1 unspecified atom stereocenters. The van der Waals surface area contributed by atoms with Gasteiger partial charge in [0.25, 0.3) is 5.91 Å². The zero-order valence-electron chi connectivity index (χ0n) is 10.6. The number of carbonyl (C=O) groups is 1. The number of sulfone groups is 1. The summed E-state index contributed by atoms with van der Waals surface area (Å²) in [6, 6.07) is -0.265. The minimum atomic E-state index is -3.00. The molecule has 0 saturated carbocycles. The summed E-state index contributed by atoms with van der Waals surface area (Å²) < 4.78 is 27.8. The molecule has 0 bridgehead atoms. The van der Waals surface area contributed by atoms with Crippen molar-refractivity contribution in [3.8, 4) is 0 Å². The van der Waals surface area contributed by atoms with Crippen LogP contribution in [0.3, 0.4) is 0 Å². The molecular formula is C11H16N2O4S. The minimum Gasteiger partial charge on any atom is -0.361 e. The Morgan fingerprint density at radius 2 is 2.11 bits per heavy atom. The van der Waals surface area contributed by atoms with E-state index in [1.807, 2.05) is 0 Å². The Bertz CT molecular complexity index is 576. The van der Waals surface area contributed by atoms with Gasteiger partial charge in [-0.3, -0.25) is 4.79 Å². The monoisotopic (exact) mass is 272 g/mol. The summed E-state index contributed by atoms with van der Waals surface area (Å²) in [6.45, 7) is 3.50. The summed E-state index contributed by atoms with van der Waals surface area (Å²) in [5.74, 6) is 0.495. The molecule has 0 aliphatic carbocycles. The van der Waals surface area contributed by atoms with Crippen LogP contribution in [0.1, 0.15) is 28.2 Å². The first-order chi connectivity index (χ1) is 8.32. The van der Waals surface area contributed by atoms with Gasteiger partial charge in [-0.1, -0.05) is 5.16 Å². The fourth-order valence-corrected chi connectivity index (χ4v) is 3.81. The molecule has 1 aromatic rings. The lowest BCUT2D eigenvalue weighted by Gasteiger charge is -2.22. The van der Waals surface area contributed by atoms with Crippen LogP contribution in [-0.2, 0) is 9.84 Å². The Labute approximate surface area is 106 Å². The Balaban J connectivity index is 2.17. The highest BCUT2D eigenvalue weighted by molar-refractivity contribution is 7.91. The number of amides is 1. The summed E-state index contributed by atoms with van der Waals surface area (Å²) in [5, 5.41) is 3.73. The van der Waals surface area contributed by atoms with E-state index in [-0.39, 0.29) is 29.1 Å². The average Bonchev–Trinajstić information content (AvgIpc) is 2.82. The number of aryl methyl sites for hydroxylation is 1. The van der Waals surface area contributed by atoms with Gasteiger partial charge in [0.1, 0.15) is 5.76 Å². The summed E-state index contributed by atoms with van der Waals surface area (Å²) in [7, 11) is -1.39. The second-order valence-electron chi connectivity index (χ2n) is 4.69. The largest absolute Gasteiger partial charge is 0.361 e. The second-order valence-corrected chi connectivity index (χ2v) is 6.91. The quantitative estimate of drug-likeness (QED) is 0.785. The van der Waals surface area contributed by atoms with Crippen molar-refractivity contribution < 1.29 is 17.7 Å². The van der Waals surface area contributed by atoms with Gasteiger partial charge in [-0.15, -0.1) is 0 Å². The average molecular weight is 272 g/mol. The molecule has 2 heterocycles. The highest BCUT2D eigenvalue weighted by Crippen LogP contribution is 2.20. The van der Waals surface area contributed by atoms with E-state index in [2.05, 4.69) is 5.16 Å². The van der Waals surface area contributed by atoms with E-state index in [9.17, 15) is 13.2 Å². The molecule has 7 heteroatoms. The molecule has 18 heavy (non-hydrogen) atoms. The van der Waals surface area contributed by atoms with Gasteiger partial charge in [0.2, 0.25) is 0 Å². The van der Waals surface area contributed by atoms with Gasteiger partial charge in [0.15, 0.2) is 15.5 Å². The number of nitrogens with zero attached hydrogens (tertiary/aromatic N) is 2. The van der Waals surface area contributed by atoms with Crippen molar-refractivity contribution in [1.82, 2.24) is 10.1 Å². The zero-order chi connectivity index (χ0) is 13.5. The predicted octanol–water partition coefficient (Wildman–Crippen LogP) is 0.551.